The zero-order valence-electron chi connectivity index (χ0n) is 22.4. The Balaban J connectivity index is 1.46. The molecular weight excluding hydrogens is 480 g/mol. The molecule has 0 amide bonds. The average molecular weight is 519 g/mol. The molecule has 0 unspecified atom stereocenters. The van der Waals surface area contributed by atoms with Gasteiger partial charge in [-0.3, -0.25) is 9.88 Å². The van der Waals surface area contributed by atoms with E-state index in [9.17, 15) is 0 Å². The second-order valence-electron chi connectivity index (χ2n) is 10.2. The van der Waals surface area contributed by atoms with E-state index >= 15 is 0 Å². The monoisotopic (exact) mass is 518 g/mol. The van der Waals surface area contributed by atoms with Crippen molar-refractivity contribution in [3.63, 3.8) is 0 Å². The molecule has 0 spiro atoms. The van der Waals surface area contributed by atoms with E-state index in [4.69, 9.17) is 21.9 Å². The van der Waals surface area contributed by atoms with Crippen molar-refractivity contribution in [2.45, 2.75) is 32.4 Å². The molecule has 2 fully saturated rings. The quantitative estimate of drug-likeness (QED) is 0.448. The summed E-state index contributed by atoms with van der Waals surface area (Å²) in [5, 5.41) is 4.43. The molecule has 2 aliphatic rings. The first-order chi connectivity index (χ1) is 17.9. The smallest absolute Gasteiger partial charge is 0.170 e. The first-order valence-electron chi connectivity index (χ1n) is 13.2. The molecule has 7 nitrogen and oxygen atoms in total. The lowest BCUT2D eigenvalue weighted by Crippen LogP contribution is -2.39. The molecule has 5 rings (SSSR count). The van der Waals surface area contributed by atoms with E-state index in [0.717, 1.165) is 56.6 Å². The van der Waals surface area contributed by atoms with Crippen LogP contribution in [-0.4, -0.2) is 78.0 Å². The summed E-state index contributed by atoms with van der Waals surface area (Å²) in [6, 6.07) is 17.3. The van der Waals surface area contributed by atoms with Gasteiger partial charge in [0.1, 0.15) is 0 Å². The van der Waals surface area contributed by atoms with E-state index in [0.29, 0.717) is 0 Å². The minimum absolute atomic E-state index is 0.00199. The third-order valence-electron chi connectivity index (χ3n) is 7.59. The standard InChI is InChI=1S/C29H38N6OS/c1-21-20-25(22(2)35(21)24-11-9-23(10-12-24)32(3)4)28-27(26-8-5-6-13-30-26)31-29(37)34(28)15-7-14-33-16-18-36-19-17-33/h5-6,8-13,20,27-28H,7,14-19H2,1-4H3,(H,31,37)/t27-,28-/m0/s1. The van der Waals surface area contributed by atoms with Crippen molar-refractivity contribution < 1.29 is 4.74 Å². The summed E-state index contributed by atoms with van der Waals surface area (Å²) in [6.45, 7) is 10.1. The minimum atomic E-state index is 0.00199. The summed E-state index contributed by atoms with van der Waals surface area (Å²) in [5.41, 5.74) is 7.14. The Morgan fingerprint density at radius 3 is 2.49 bits per heavy atom. The molecule has 0 bridgehead atoms. The van der Waals surface area contributed by atoms with Crippen molar-refractivity contribution in [3.8, 4) is 5.69 Å². The van der Waals surface area contributed by atoms with Crippen LogP contribution in [-0.2, 0) is 4.74 Å². The third-order valence-corrected chi connectivity index (χ3v) is 7.94. The van der Waals surface area contributed by atoms with Crippen LogP contribution in [0.25, 0.3) is 5.69 Å². The fourth-order valence-corrected chi connectivity index (χ4v) is 5.99. The highest BCUT2D eigenvalue weighted by Gasteiger charge is 2.41. The second kappa shape index (κ2) is 11.2. The summed E-state index contributed by atoms with van der Waals surface area (Å²) in [4.78, 5) is 11.7. The van der Waals surface area contributed by atoms with Crippen molar-refractivity contribution in [2.24, 2.45) is 0 Å². The second-order valence-corrected chi connectivity index (χ2v) is 10.6. The Bertz CT molecular complexity index is 1200. The zero-order valence-corrected chi connectivity index (χ0v) is 23.2. The Morgan fingerprint density at radius 2 is 1.81 bits per heavy atom. The molecule has 4 heterocycles. The topological polar surface area (TPSA) is 48.8 Å². The molecule has 2 aromatic heterocycles. The lowest BCUT2D eigenvalue weighted by atomic mass is 9.96. The van der Waals surface area contributed by atoms with Gasteiger partial charge < -0.3 is 24.4 Å². The van der Waals surface area contributed by atoms with Crippen molar-refractivity contribution in [3.05, 3.63) is 77.4 Å². The van der Waals surface area contributed by atoms with E-state index in [1.807, 2.05) is 12.3 Å². The number of ether oxygens (including phenoxy) is 1. The van der Waals surface area contributed by atoms with Crippen molar-refractivity contribution in [2.75, 3.05) is 58.4 Å². The lowest BCUT2D eigenvalue weighted by Gasteiger charge is -2.30. The maximum Gasteiger partial charge on any atom is 0.170 e. The van der Waals surface area contributed by atoms with Gasteiger partial charge in [-0.15, -0.1) is 0 Å². The minimum Gasteiger partial charge on any atom is -0.379 e. The number of pyridine rings is 1. The summed E-state index contributed by atoms with van der Waals surface area (Å²) < 4.78 is 7.88. The van der Waals surface area contributed by atoms with Gasteiger partial charge in [-0.25, -0.2) is 0 Å². The summed E-state index contributed by atoms with van der Waals surface area (Å²) in [5.74, 6) is 0. The molecule has 3 aromatic rings. The highest BCUT2D eigenvalue weighted by atomic mass is 32.1. The normalized spacial score (nSPS) is 20.3. The van der Waals surface area contributed by atoms with E-state index in [1.54, 1.807) is 0 Å². The number of rotatable bonds is 8. The molecule has 0 aliphatic carbocycles. The zero-order chi connectivity index (χ0) is 25.9. The predicted molar refractivity (Wildman–Crippen MR) is 154 cm³/mol. The Labute approximate surface area is 226 Å². The highest BCUT2D eigenvalue weighted by molar-refractivity contribution is 7.80. The maximum atomic E-state index is 5.92. The van der Waals surface area contributed by atoms with Crippen LogP contribution in [0.4, 0.5) is 5.69 Å². The van der Waals surface area contributed by atoms with Crippen molar-refractivity contribution in [1.29, 1.82) is 0 Å². The Hall–Kier alpha value is -2.94. The number of thiocarbonyl (C=S) groups is 1. The average Bonchev–Trinajstić information content (AvgIpc) is 3.39. The van der Waals surface area contributed by atoms with E-state index in [2.05, 4.69) is 95.0 Å². The molecule has 1 N–H and O–H groups in total. The first kappa shape index (κ1) is 25.7. The Kier molecular flexibility index (Phi) is 7.79. The Morgan fingerprint density at radius 1 is 1.05 bits per heavy atom. The van der Waals surface area contributed by atoms with Crippen LogP contribution in [0.3, 0.4) is 0 Å². The van der Waals surface area contributed by atoms with E-state index in [1.165, 1.54) is 28.3 Å². The third kappa shape index (κ3) is 5.37. The number of hydrogen-bond acceptors (Lipinski definition) is 5. The van der Waals surface area contributed by atoms with Crippen LogP contribution in [0.2, 0.25) is 0 Å². The number of benzene rings is 1. The van der Waals surface area contributed by atoms with Gasteiger partial charge in [0, 0.05) is 69.2 Å². The van der Waals surface area contributed by atoms with Crippen LogP contribution in [0.15, 0.2) is 54.7 Å². The van der Waals surface area contributed by atoms with E-state index in [-0.39, 0.29) is 12.1 Å². The number of aryl methyl sites for hydroxylation is 1. The number of nitrogens with zero attached hydrogens (tertiary/aromatic N) is 5. The van der Waals surface area contributed by atoms with Gasteiger partial charge in [0.05, 0.1) is 31.0 Å². The predicted octanol–water partition coefficient (Wildman–Crippen LogP) is 4.25. The number of anilines is 1. The van der Waals surface area contributed by atoms with Crippen LogP contribution in [0.1, 0.15) is 41.1 Å². The van der Waals surface area contributed by atoms with Crippen LogP contribution >= 0.6 is 12.2 Å². The van der Waals surface area contributed by atoms with Crippen LogP contribution < -0.4 is 10.2 Å². The van der Waals surface area contributed by atoms with Gasteiger partial charge in [-0.05, 0) is 80.5 Å². The van der Waals surface area contributed by atoms with Gasteiger partial charge in [-0.2, -0.15) is 0 Å². The summed E-state index contributed by atoms with van der Waals surface area (Å²) >= 11 is 5.92. The van der Waals surface area contributed by atoms with Crippen molar-refractivity contribution in [1.82, 2.24) is 24.7 Å². The van der Waals surface area contributed by atoms with Crippen LogP contribution in [0.5, 0.6) is 0 Å². The molecule has 2 aliphatic heterocycles. The largest absolute Gasteiger partial charge is 0.379 e. The highest BCUT2D eigenvalue weighted by Crippen LogP contribution is 2.41. The number of hydrogen-bond donors (Lipinski definition) is 1. The number of morpholine rings is 1. The lowest BCUT2D eigenvalue weighted by molar-refractivity contribution is 0.0365. The summed E-state index contributed by atoms with van der Waals surface area (Å²) in [7, 11) is 4.14. The van der Waals surface area contributed by atoms with Crippen LogP contribution in [0, 0.1) is 13.8 Å². The number of nitrogens with one attached hydrogen (secondary N) is 1. The molecular formula is C29H38N6OS. The van der Waals surface area contributed by atoms with Gasteiger partial charge in [0.25, 0.3) is 0 Å². The molecule has 1 aromatic carbocycles. The van der Waals surface area contributed by atoms with Gasteiger partial charge in [-0.1, -0.05) is 6.07 Å². The molecule has 0 radical (unpaired) electrons. The molecule has 2 saturated heterocycles. The van der Waals surface area contributed by atoms with Crippen molar-refractivity contribution >= 4 is 23.0 Å². The molecule has 8 heteroatoms. The maximum absolute atomic E-state index is 5.92. The summed E-state index contributed by atoms with van der Waals surface area (Å²) in [6.07, 6.45) is 2.92. The van der Waals surface area contributed by atoms with Gasteiger partial charge >= 0.3 is 0 Å². The molecule has 0 saturated carbocycles. The SMILES string of the molecule is Cc1cc([C@H]2[C@H](c3ccccn3)NC(=S)N2CCCN2CCOCC2)c(C)n1-c1ccc(N(C)C)cc1. The molecule has 2 atom stereocenters. The molecule has 37 heavy (non-hydrogen) atoms. The first-order valence-corrected chi connectivity index (χ1v) is 13.6. The fourth-order valence-electron chi connectivity index (χ4n) is 5.66. The molecule has 196 valence electrons. The van der Waals surface area contributed by atoms with Gasteiger partial charge in [0.15, 0.2) is 5.11 Å². The van der Waals surface area contributed by atoms with E-state index < -0.39 is 0 Å². The number of aromatic nitrogens is 2. The fraction of sp³-hybridized carbons (Fsp3) is 0.448. The van der Waals surface area contributed by atoms with Gasteiger partial charge in [0.2, 0.25) is 0 Å².